The van der Waals surface area contributed by atoms with Gasteiger partial charge in [0.25, 0.3) is 0 Å². The summed E-state index contributed by atoms with van der Waals surface area (Å²) in [7, 11) is 0. The van der Waals surface area contributed by atoms with Crippen LogP contribution < -0.4 is 4.74 Å². The highest BCUT2D eigenvalue weighted by molar-refractivity contribution is 5.52. The van der Waals surface area contributed by atoms with Gasteiger partial charge in [-0.3, -0.25) is 4.57 Å². The van der Waals surface area contributed by atoms with E-state index in [0.717, 1.165) is 0 Å². The van der Waals surface area contributed by atoms with E-state index in [0.29, 0.717) is 29.2 Å². The molecule has 1 aromatic heterocycles. The van der Waals surface area contributed by atoms with Crippen molar-refractivity contribution >= 4 is 0 Å². The summed E-state index contributed by atoms with van der Waals surface area (Å²) in [5.74, 6) is 0.752. The fourth-order valence-electron chi connectivity index (χ4n) is 2.15. The molecule has 0 saturated heterocycles. The summed E-state index contributed by atoms with van der Waals surface area (Å²) >= 11 is 0. The first-order chi connectivity index (χ1) is 9.95. The van der Waals surface area contributed by atoms with E-state index in [1.165, 1.54) is 4.57 Å². The minimum Gasteiger partial charge on any atom is -0.494 e. The van der Waals surface area contributed by atoms with Gasteiger partial charge in [-0.25, -0.2) is 0 Å². The standard InChI is InChI=1S/C16H21NO4/c1-5-20-12(4)21-14-8-6-13(7-9-14)17-15(18)10(2)11(3)16(17)19/h6-9,12,18-19H,5H2,1-4H3. The maximum absolute atomic E-state index is 10.1. The molecular formula is C16H21NO4. The Hall–Kier alpha value is -2.14. The van der Waals surface area contributed by atoms with Crippen molar-refractivity contribution in [1.29, 1.82) is 0 Å². The Morgan fingerprint density at radius 2 is 1.57 bits per heavy atom. The molecule has 5 nitrogen and oxygen atoms in total. The van der Waals surface area contributed by atoms with Crippen molar-refractivity contribution in [2.75, 3.05) is 6.61 Å². The quantitative estimate of drug-likeness (QED) is 0.830. The molecule has 5 heteroatoms. The molecule has 1 heterocycles. The topological polar surface area (TPSA) is 63.9 Å². The van der Waals surface area contributed by atoms with Crippen LogP contribution in [0, 0.1) is 13.8 Å². The van der Waals surface area contributed by atoms with Crippen LogP contribution in [0.4, 0.5) is 0 Å². The van der Waals surface area contributed by atoms with Crippen molar-refractivity contribution in [3.8, 4) is 23.2 Å². The minimum absolute atomic E-state index is 0.0429. The van der Waals surface area contributed by atoms with Crippen molar-refractivity contribution in [3.63, 3.8) is 0 Å². The molecule has 0 fully saturated rings. The lowest BCUT2D eigenvalue weighted by Gasteiger charge is -2.15. The molecule has 1 unspecified atom stereocenters. The number of hydrogen-bond donors (Lipinski definition) is 2. The second-order valence-electron chi connectivity index (χ2n) is 4.87. The van der Waals surface area contributed by atoms with E-state index in [1.54, 1.807) is 38.1 Å². The van der Waals surface area contributed by atoms with Gasteiger partial charge in [0.2, 0.25) is 11.8 Å². The number of aromatic hydroxyl groups is 2. The molecule has 2 aromatic rings. The number of benzene rings is 1. The van der Waals surface area contributed by atoms with E-state index in [4.69, 9.17) is 9.47 Å². The largest absolute Gasteiger partial charge is 0.494 e. The molecule has 2 rings (SSSR count). The summed E-state index contributed by atoms with van der Waals surface area (Å²) in [5, 5.41) is 20.2. The molecule has 0 amide bonds. The van der Waals surface area contributed by atoms with Crippen LogP contribution in [-0.4, -0.2) is 27.7 Å². The van der Waals surface area contributed by atoms with Crippen LogP contribution in [0.2, 0.25) is 0 Å². The third-order valence-electron chi connectivity index (χ3n) is 3.46. The Morgan fingerprint density at radius 1 is 1.05 bits per heavy atom. The summed E-state index contributed by atoms with van der Waals surface area (Å²) in [5.41, 5.74) is 1.99. The second kappa shape index (κ2) is 6.10. The molecule has 0 spiro atoms. The maximum atomic E-state index is 10.1. The summed E-state index contributed by atoms with van der Waals surface area (Å²) in [6.45, 7) is 7.85. The average molecular weight is 291 g/mol. The Bertz CT molecular complexity index is 591. The zero-order chi connectivity index (χ0) is 15.6. The SMILES string of the molecule is CCOC(C)Oc1ccc(-n2c(O)c(C)c(C)c2O)cc1. The Morgan fingerprint density at radius 3 is 2.05 bits per heavy atom. The Balaban J connectivity index is 2.26. The highest BCUT2D eigenvalue weighted by atomic mass is 16.7. The van der Waals surface area contributed by atoms with Gasteiger partial charge in [-0.1, -0.05) is 0 Å². The monoisotopic (exact) mass is 291 g/mol. The molecule has 21 heavy (non-hydrogen) atoms. The molecule has 1 atom stereocenters. The van der Waals surface area contributed by atoms with Gasteiger partial charge in [0.15, 0.2) is 6.29 Å². The van der Waals surface area contributed by atoms with Crippen molar-refractivity contribution in [2.24, 2.45) is 0 Å². The van der Waals surface area contributed by atoms with Gasteiger partial charge in [0, 0.05) is 17.7 Å². The molecule has 0 aliphatic carbocycles. The first-order valence-electron chi connectivity index (χ1n) is 6.94. The third kappa shape index (κ3) is 2.97. The van der Waals surface area contributed by atoms with Crippen molar-refractivity contribution in [2.45, 2.75) is 34.0 Å². The summed E-state index contributed by atoms with van der Waals surface area (Å²) < 4.78 is 12.3. The Kier molecular flexibility index (Phi) is 4.43. The van der Waals surface area contributed by atoms with E-state index >= 15 is 0 Å². The zero-order valence-electron chi connectivity index (χ0n) is 12.8. The predicted molar refractivity (Wildman–Crippen MR) is 80.3 cm³/mol. The van der Waals surface area contributed by atoms with Gasteiger partial charge in [-0.15, -0.1) is 0 Å². The highest BCUT2D eigenvalue weighted by Gasteiger charge is 2.17. The molecule has 0 aliphatic heterocycles. The van der Waals surface area contributed by atoms with Crippen molar-refractivity contribution in [1.82, 2.24) is 4.57 Å². The third-order valence-corrected chi connectivity index (χ3v) is 3.46. The fraction of sp³-hybridized carbons (Fsp3) is 0.375. The van der Waals surface area contributed by atoms with Gasteiger partial charge >= 0.3 is 0 Å². The zero-order valence-corrected chi connectivity index (χ0v) is 12.8. The predicted octanol–water partition coefficient (Wildman–Crippen LogP) is 3.27. The van der Waals surface area contributed by atoms with Crippen LogP contribution >= 0.6 is 0 Å². The summed E-state index contributed by atoms with van der Waals surface area (Å²) in [6.07, 6.45) is -0.321. The first-order valence-corrected chi connectivity index (χ1v) is 6.94. The van der Waals surface area contributed by atoms with Crippen LogP contribution in [0.3, 0.4) is 0 Å². The second-order valence-corrected chi connectivity index (χ2v) is 4.87. The van der Waals surface area contributed by atoms with Gasteiger partial charge in [-0.2, -0.15) is 0 Å². The van der Waals surface area contributed by atoms with Crippen molar-refractivity contribution in [3.05, 3.63) is 35.4 Å². The smallest absolute Gasteiger partial charge is 0.201 e. The van der Waals surface area contributed by atoms with Gasteiger partial charge < -0.3 is 19.7 Å². The number of hydrogen-bond acceptors (Lipinski definition) is 4. The van der Waals surface area contributed by atoms with E-state index in [-0.39, 0.29) is 18.1 Å². The normalized spacial score (nSPS) is 12.4. The molecule has 0 aliphatic rings. The first kappa shape index (κ1) is 15.3. The van der Waals surface area contributed by atoms with Crippen LogP contribution in [0.5, 0.6) is 17.5 Å². The lowest BCUT2D eigenvalue weighted by molar-refractivity contribution is -0.0613. The molecule has 1 aromatic carbocycles. The van der Waals surface area contributed by atoms with Crippen molar-refractivity contribution < 1.29 is 19.7 Å². The van der Waals surface area contributed by atoms with Crippen LogP contribution in [-0.2, 0) is 4.74 Å². The molecular weight excluding hydrogens is 270 g/mol. The average Bonchev–Trinajstić information content (AvgIpc) is 2.65. The number of nitrogens with zero attached hydrogens (tertiary/aromatic N) is 1. The number of ether oxygens (including phenoxy) is 2. The maximum Gasteiger partial charge on any atom is 0.201 e. The van der Waals surface area contributed by atoms with Crippen LogP contribution in [0.25, 0.3) is 5.69 Å². The minimum atomic E-state index is -0.321. The van der Waals surface area contributed by atoms with Crippen LogP contribution in [0.1, 0.15) is 25.0 Å². The molecule has 114 valence electrons. The molecule has 0 bridgehead atoms. The highest BCUT2D eigenvalue weighted by Crippen LogP contribution is 2.35. The van der Waals surface area contributed by atoms with E-state index in [1.807, 2.05) is 13.8 Å². The fourth-order valence-corrected chi connectivity index (χ4v) is 2.15. The summed E-state index contributed by atoms with van der Waals surface area (Å²) in [6, 6.07) is 7.08. The molecule has 0 radical (unpaired) electrons. The van der Waals surface area contributed by atoms with Gasteiger partial charge in [0.1, 0.15) is 5.75 Å². The molecule has 0 saturated carbocycles. The van der Waals surface area contributed by atoms with Gasteiger partial charge in [-0.05, 0) is 52.0 Å². The van der Waals surface area contributed by atoms with E-state index < -0.39 is 0 Å². The molecule has 2 N–H and O–H groups in total. The van der Waals surface area contributed by atoms with E-state index in [9.17, 15) is 10.2 Å². The number of aromatic nitrogens is 1. The van der Waals surface area contributed by atoms with Gasteiger partial charge in [0.05, 0.1) is 5.69 Å². The lowest BCUT2D eigenvalue weighted by atomic mass is 10.2. The van der Waals surface area contributed by atoms with E-state index in [2.05, 4.69) is 0 Å². The lowest BCUT2D eigenvalue weighted by Crippen LogP contribution is -2.15. The Labute approximate surface area is 124 Å². The van der Waals surface area contributed by atoms with Crippen LogP contribution in [0.15, 0.2) is 24.3 Å². The number of rotatable bonds is 5. The summed E-state index contributed by atoms with van der Waals surface area (Å²) in [4.78, 5) is 0.